The highest BCUT2D eigenvalue weighted by molar-refractivity contribution is 5.98. The third-order valence-electron chi connectivity index (χ3n) is 3.72. The molecule has 0 aromatic heterocycles. The Kier molecular flexibility index (Phi) is 5.88. The van der Waals surface area contributed by atoms with Gasteiger partial charge in [0.25, 0.3) is 5.91 Å². The minimum absolute atomic E-state index is 0.214. The van der Waals surface area contributed by atoms with Crippen molar-refractivity contribution in [1.82, 2.24) is 10.6 Å². The van der Waals surface area contributed by atoms with E-state index in [2.05, 4.69) is 16.0 Å². The summed E-state index contributed by atoms with van der Waals surface area (Å²) in [7, 11) is 0. The number of ether oxygens (including phenoxy) is 2. The predicted molar refractivity (Wildman–Crippen MR) is 97.8 cm³/mol. The summed E-state index contributed by atoms with van der Waals surface area (Å²) >= 11 is 0. The molecule has 2 aromatic carbocycles. The lowest BCUT2D eigenvalue weighted by atomic mass is 10.2. The Morgan fingerprint density at radius 3 is 2.30 bits per heavy atom. The van der Waals surface area contributed by atoms with Crippen LogP contribution in [0.5, 0.6) is 11.5 Å². The number of rotatable bonds is 6. The van der Waals surface area contributed by atoms with Crippen LogP contribution in [0.25, 0.3) is 0 Å². The molecule has 0 bridgehead atoms. The van der Waals surface area contributed by atoms with Gasteiger partial charge in [0.2, 0.25) is 11.8 Å². The molecule has 0 unspecified atom stereocenters. The Bertz CT molecular complexity index is 838. The maximum Gasteiger partial charge on any atom is 0.251 e. The van der Waals surface area contributed by atoms with Gasteiger partial charge in [0.1, 0.15) is 13.2 Å². The van der Waals surface area contributed by atoms with Crippen molar-refractivity contribution in [2.24, 2.45) is 0 Å². The number of carbonyl (C=O) groups is 3. The topological polar surface area (TPSA) is 106 Å². The molecule has 0 aliphatic carbocycles. The number of amides is 3. The number of fused-ring (bicyclic) bond motifs is 1. The summed E-state index contributed by atoms with van der Waals surface area (Å²) in [5, 5.41) is 7.60. The fourth-order valence-corrected chi connectivity index (χ4v) is 2.42. The van der Waals surface area contributed by atoms with Crippen LogP contribution in [0.1, 0.15) is 10.4 Å². The maximum atomic E-state index is 12.0. The average molecular weight is 369 g/mol. The van der Waals surface area contributed by atoms with E-state index < -0.39 is 11.8 Å². The summed E-state index contributed by atoms with van der Waals surface area (Å²) in [6, 6.07) is 13.6. The van der Waals surface area contributed by atoms with Gasteiger partial charge in [-0.1, -0.05) is 18.2 Å². The Balaban J connectivity index is 1.41. The summed E-state index contributed by atoms with van der Waals surface area (Å²) in [4.78, 5) is 35.6. The van der Waals surface area contributed by atoms with Gasteiger partial charge in [-0.25, -0.2) is 0 Å². The Hall–Kier alpha value is -3.55. The van der Waals surface area contributed by atoms with E-state index in [9.17, 15) is 14.4 Å². The maximum absolute atomic E-state index is 12.0. The second kappa shape index (κ2) is 8.70. The van der Waals surface area contributed by atoms with Crippen molar-refractivity contribution in [3.05, 3.63) is 54.1 Å². The first-order chi connectivity index (χ1) is 13.1. The minimum Gasteiger partial charge on any atom is -0.486 e. The summed E-state index contributed by atoms with van der Waals surface area (Å²) in [6.07, 6.45) is 0. The van der Waals surface area contributed by atoms with Gasteiger partial charge < -0.3 is 25.4 Å². The van der Waals surface area contributed by atoms with Crippen LogP contribution in [-0.4, -0.2) is 44.0 Å². The fourth-order valence-electron chi connectivity index (χ4n) is 2.42. The van der Waals surface area contributed by atoms with E-state index in [0.717, 1.165) is 0 Å². The number of hydrogen-bond acceptors (Lipinski definition) is 5. The highest BCUT2D eigenvalue weighted by Gasteiger charge is 2.13. The van der Waals surface area contributed by atoms with Crippen molar-refractivity contribution in [3.63, 3.8) is 0 Å². The van der Waals surface area contributed by atoms with Crippen molar-refractivity contribution in [2.45, 2.75) is 0 Å². The van der Waals surface area contributed by atoms with Crippen LogP contribution in [0, 0.1) is 0 Å². The van der Waals surface area contributed by atoms with E-state index in [1.165, 1.54) is 0 Å². The molecule has 3 N–H and O–H groups in total. The van der Waals surface area contributed by atoms with Gasteiger partial charge in [-0.2, -0.15) is 0 Å². The molecule has 3 amide bonds. The third kappa shape index (κ3) is 5.21. The zero-order chi connectivity index (χ0) is 19.1. The van der Waals surface area contributed by atoms with Crippen molar-refractivity contribution >= 4 is 23.4 Å². The van der Waals surface area contributed by atoms with Gasteiger partial charge in [-0.15, -0.1) is 0 Å². The molecular weight excluding hydrogens is 350 g/mol. The van der Waals surface area contributed by atoms with Gasteiger partial charge >= 0.3 is 0 Å². The minimum atomic E-state index is -0.461. The summed E-state index contributed by atoms with van der Waals surface area (Å²) in [6.45, 7) is 0.514. The molecule has 0 saturated heterocycles. The number of benzene rings is 2. The largest absolute Gasteiger partial charge is 0.486 e. The normalized spacial score (nSPS) is 12.0. The lowest BCUT2D eigenvalue weighted by Gasteiger charge is -2.19. The van der Waals surface area contributed by atoms with Crippen molar-refractivity contribution < 1.29 is 23.9 Å². The van der Waals surface area contributed by atoms with Crippen LogP contribution in [0.3, 0.4) is 0 Å². The van der Waals surface area contributed by atoms with Crippen LogP contribution in [-0.2, 0) is 9.59 Å². The van der Waals surface area contributed by atoms with Gasteiger partial charge in [-0.05, 0) is 24.3 Å². The molecule has 0 spiro atoms. The first-order valence-corrected chi connectivity index (χ1v) is 8.41. The van der Waals surface area contributed by atoms with Crippen molar-refractivity contribution in [2.75, 3.05) is 31.6 Å². The Morgan fingerprint density at radius 1 is 0.815 bits per heavy atom. The summed E-state index contributed by atoms with van der Waals surface area (Å²) < 4.78 is 10.9. The highest BCUT2D eigenvalue weighted by Crippen LogP contribution is 2.32. The number of nitrogens with one attached hydrogen (secondary N) is 3. The molecule has 0 radical (unpaired) electrons. The molecule has 3 rings (SSSR count). The molecule has 1 aliphatic rings. The van der Waals surface area contributed by atoms with Gasteiger partial charge in [-0.3, -0.25) is 14.4 Å². The van der Waals surface area contributed by atoms with Crippen LogP contribution in [0.2, 0.25) is 0 Å². The van der Waals surface area contributed by atoms with Crippen LogP contribution >= 0.6 is 0 Å². The monoisotopic (exact) mass is 369 g/mol. The van der Waals surface area contributed by atoms with Gasteiger partial charge in [0.05, 0.1) is 13.1 Å². The number of anilines is 1. The molecule has 8 nitrogen and oxygen atoms in total. The summed E-state index contributed by atoms with van der Waals surface area (Å²) in [5.74, 6) is -0.0223. The molecule has 8 heteroatoms. The van der Waals surface area contributed by atoms with Gasteiger partial charge in [0, 0.05) is 17.3 Å². The fraction of sp³-hybridized carbons (Fsp3) is 0.211. The first kappa shape index (κ1) is 18.2. The molecule has 2 aromatic rings. The zero-order valence-electron chi connectivity index (χ0n) is 14.5. The standard InChI is InChI=1S/C19H19N3O5/c23-17(11-21-19(25)13-4-2-1-3-5-13)20-12-18(24)22-14-6-7-15-16(10-14)27-9-8-26-15/h1-7,10H,8-9,11-12H2,(H,20,23)(H,21,25)(H,22,24). The van der Waals surface area contributed by atoms with E-state index in [0.29, 0.717) is 36.0 Å². The van der Waals surface area contributed by atoms with Crippen LogP contribution in [0.15, 0.2) is 48.5 Å². The molecule has 0 saturated carbocycles. The first-order valence-electron chi connectivity index (χ1n) is 8.41. The van der Waals surface area contributed by atoms with Crippen molar-refractivity contribution in [3.8, 4) is 11.5 Å². The van der Waals surface area contributed by atoms with Gasteiger partial charge in [0.15, 0.2) is 11.5 Å². The zero-order valence-corrected chi connectivity index (χ0v) is 14.5. The molecular formula is C19H19N3O5. The third-order valence-corrected chi connectivity index (χ3v) is 3.72. The SMILES string of the molecule is O=C(CNC(=O)c1ccccc1)NCC(=O)Nc1ccc2c(c1)OCCO2. The Morgan fingerprint density at radius 2 is 1.52 bits per heavy atom. The van der Waals surface area contributed by atoms with E-state index >= 15 is 0 Å². The van der Waals surface area contributed by atoms with Crippen LogP contribution in [0.4, 0.5) is 5.69 Å². The Labute approximate surface area is 155 Å². The average Bonchev–Trinajstić information content (AvgIpc) is 2.71. The smallest absolute Gasteiger partial charge is 0.251 e. The quantitative estimate of drug-likeness (QED) is 0.703. The number of carbonyl (C=O) groups excluding carboxylic acids is 3. The van der Waals surface area contributed by atoms with Crippen molar-refractivity contribution in [1.29, 1.82) is 0 Å². The molecule has 1 aliphatic heterocycles. The molecule has 1 heterocycles. The van der Waals surface area contributed by atoms with E-state index in [-0.39, 0.29) is 19.0 Å². The summed E-state index contributed by atoms with van der Waals surface area (Å²) in [5.41, 5.74) is 0.998. The lowest BCUT2D eigenvalue weighted by molar-refractivity contribution is -0.123. The van der Waals surface area contributed by atoms with E-state index in [1.807, 2.05) is 0 Å². The second-order valence-corrected chi connectivity index (χ2v) is 5.73. The number of hydrogen-bond donors (Lipinski definition) is 3. The predicted octanol–water partition coefficient (Wildman–Crippen LogP) is 0.942. The molecule has 0 atom stereocenters. The lowest BCUT2D eigenvalue weighted by Crippen LogP contribution is -2.40. The molecule has 0 fully saturated rings. The van der Waals surface area contributed by atoms with E-state index in [1.54, 1.807) is 48.5 Å². The van der Waals surface area contributed by atoms with E-state index in [4.69, 9.17) is 9.47 Å². The second-order valence-electron chi connectivity index (χ2n) is 5.73. The van der Waals surface area contributed by atoms with Crippen LogP contribution < -0.4 is 25.4 Å². The molecule has 140 valence electrons. The molecule has 27 heavy (non-hydrogen) atoms. The highest BCUT2D eigenvalue weighted by atomic mass is 16.6.